The van der Waals surface area contributed by atoms with E-state index < -0.39 is 12.6 Å². The fraction of sp³-hybridized carbons (Fsp3) is 0.500. The Labute approximate surface area is 116 Å². The summed E-state index contributed by atoms with van der Waals surface area (Å²) >= 11 is 0. The maximum atomic E-state index is 12.3. The summed E-state index contributed by atoms with van der Waals surface area (Å²) in [5, 5.41) is 8.77. The number of nitrogens with zero attached hydrogens (tertiary/aromatic N) is 1. The van der Waals surface area contributed by atoms with Gasteiger partial charge in [-0.05, 0) is 24.9 Å². The first-order valence-electron chi connectivity index (χ1n) is 6.51. The molecule has 0 radical (unpaired) electrons. The van der Waals surface area contributed by atoms with Gasteiger partial charge in [0, 0.05) is 25.1 Å². The summed E-state index contributed by atoms with van der Waals surface area (Å²) in [6.07, 6.45) is 0.982. The summed E-state index contributed by atoms with van der Waals surface area (Å²) in [6, 6.07) is 6.70. The van der Waals surface area contributed by atoms with Gasteiger partial charge in [0.2, 0.25) is 0 Å². The monoisotopic (exact) mass is 285 g/mol. The quantitative estimate of drug-likeness (QED) is 0.872. The number of likely N-dealkylation sites (tertiary alicyclic amines) is 1. The Morgan fingerprint density at radius 2 is 2.20 bits per heavy atom. The van der Waals surface area contributed by atoms with Crippen LogP contribution in [0.3, 0.4) is 0 Å². The molecule has 1 saturated heterocycles. The highest BCUT2D eigenvalue weighted by Crippen LogP contribution is 2.26. The molecule has 20 heavy (non-hydrogen) atoms. The van der Waals surface area contributed by atoms with Crippen LogP contribution in [0.5, 0.6) is 5.75 Å². The molecule has 1 aliphatic rings. The molecule has 0 amide bonds. The summed E-state index contributed by atoms with van der Waals surface area (Å²) < 4.78 is 29.1. The van der Waals surface area contributed by atoms with E-state index in [1.807, 2.05) is 0 Å². The van der Waals surface area contributed by atoms with Crippen LogP contribution in [-0.2, 0) is 11.3 Å². The molecule has 6 heteroatoms. The Balaban J connectivity index is 1.95. The van der Waals surface area contributed by atoms with E-state index in [1.54, 1.807) is 18.2 Å². The van der Waals surface area contributed by atoms with E-state index in [9.17, 15) is 13.6 Å². The Morgan fingerprint density at radius 3 is 2.90 bits per heavy atom. The number of carboxylic acid groups (broad SMARTS) is 1. The lowest BCUT2D eigenvalue weighted by molar-refractivity contribution is -0.138. The van der Waals surface area contributed by atoms with Crippen LogP contribution in [-0.4, -0.2) is 35.7 Å². The van der Waals surface area contributed by atoms with Gasteiger partial charge in [-0.25, -0.2) is 0 Å². The van der Waals surface area contributed by atoms with Crippen LogP contribution < -0.4 is 4.74 Å². The zero-order valence-corrected chi connectivity index (χ0v) is 11.0. The smallest absolute Gasteiger partial charge is 0.387 e. The van der Waals surface area contributed by atoms with Gasteiger partial charge in [0.25, 0.3) is 0 Å². The number of alkyl halides is 2. The predicted molar refractivity (Wildman–Crippen MR) is 68.7 cm³/mol. The van der Waals surface area contributed by atoms with Gasteiger partial charge in [0.05, 0.1) is 0 Å². The number of hydrogen-bond acceptors (Lipinski definition) is 3. The van der Waals surface area contributed by atoms with Crippen molar-refractivity contribution in [1.29, 1.82) is 0 Å². The van der Waals surface area contributed by atoms with Crippen molar-refractivity contribution in [2.24, 2.45) is 5.92 Å². The zero-order valence-electron chi connectivity index (χ0n) is 11.0. The number of carbonyl (C=O) groups is 1. The zero-order chi connectivity index (χ0) is 14.5. The van der Waals surface area contributed by atoms with Crippen LogP contribution in [0, 0.1) is 5.92 Å². The van der Waals surface area contributed by atoms with Crippen LogP contribution in [0.15, 0.2) is 24.3 Å². The second-order valence-corrected chi connectivity index (χ2v) is 4.97. The van der Waals surface area contributed by atoms with Crippen LogP contribution in [0.2, 0.25) is 0 Å². The van der Waals surface area contributed by atoms with Crippen molar-refractivity contribution in [1.82, 2.24) is 4.90 Å². The molecular weight excluding hydrogens is 268 g/mol. The molecule has 1 aliphatic heterocycles. The molecule has 2 rings (SSSR count). The highest BCUT2D eigenvalue weighted by molar-refractivity contribution is 5.67. The second-order valence-electron chi connectivity index (χ2n) is 4.97. The highest BCUT2D eigenvalue weighted by atomic mass is 19.3. The number of halogens is 2. The van der Waals surface area contributed by atoms with E-state index >= 15 is 0 Å². The molecule has 0 saturated carbocycles. The van der Waals surface area contributed by atoms with Crippen LogP contribution in [0.1, 0.15) is 18.4 Å². The molecule has 0 aromatic heterocycles. The minimum absolute atomic E-state index is 0.135. The lowest BCUT2D eigenvalue weighted by Gasteiger charge is -2.18. The number of aliphatic carboxylic acids is 1. The lowest BCUT2D eigenvalue weighted by atomic mass is 10.1. The largest absolute Gasteiger partial charge is 0.481 e. The van der Waals surface area contributed by atoms with Crippen molar-refractivity contribution in [2.75, 3.05) is 13.1 Å². The number of rotatable bonds is 6. The molecule has 1 fully saturated rings. The Bertz CT molecular complexity index is 467. The topological polar surface area (TPSA) is 49.8 Å². The van der Waals surface area contributed by atoms with Crippen LogP contribution in [0.4, 0.5) is 8.78 Å². The lowest BCUT2D eigenvalue weighted by Crippen LogP contribution is -2.21. The summed E-state index contributed by atoms with van der Waals surface area (Å²) in [5.74, 6) is -0.474. The molecule has 0 bridgehead atoms. The third-order valence-electron chi connectivity index (χ3n) is 3.42. The van der Waals surface area contributed by atoms with Crippen LogP contribution >= 0.6 is 0 Å². The van der Waals surface area contributed by atoms with E-state index in [0.29, 0.717) is 18.7 Å². The van der Waals surface area contributed by atoms with Gasteiger partial charge < -0.3 is 9.84 Å². The van der Waals surface area contributed by atoms with Crippen molar-refractivity contribution in [3.63, 3.8) is 0 Å². The molecule has 1 atom stereocenters. The highest BCUT2D eigenvalue weighted by Gasteiger charge is 2.25. The second kappa shape index (κ2) is 6.65. The molecule has 0 aliphatic carbocycles. The normalized spacial score (nSPS) is 19.4. The molecule has 1 aromatic rings. The summed E-state index contributed by atoms with van der Waals surface area (Å²) in [4.78, 5) is 12.7. The summed E-state index contributed by atoms with van der Waals surface area (Å²) in [7, 11) is 0. The molecule has 110 valence electrons. The van der Waals surface area contributed by atoms with Crippen molar-refractivity contribution >= 4 is 5.97 Å². The minimum Gasteiger partial charge on any atom is -0.481 e. The van der Waals surface area contributed by atoms with E-state index in [4.69, 9.17) is 5.11 Å². The first kappa shape index (κ1) is 14.7. The maximum Gasteiger partial charge on any atom is 0.387 e. The fourth-order valence-electron chi connectivity index (χ4n) is 2.56. The van der Waals surface area contributed by atoms with Crippen molar-refractivity contribution < 1.29 is 23.4 Å². The average molecular weight is 285 g/mol. The molecular formula is C14H17F2NO3. The number of ether oxygens (including phenoxy) is 1. The molecule has 1 heterocycles. The molecule has 1 aromatic carbocycles. The standard InChI is InChI=1S/C14H17F2NO3/c15-14(16)20-12-4-2-1-3-11(12)9-17-6-5-10(8-17)7-13(18)19/h1-4,10,14H,5-9H2,(H,18,19). The van der Waals surface area contributed by atoms with E-state index in [-0.39, 0.29) is 18.1 Å². The van der Waals surface area contributed by atoms with Gasteiger partial charge in [-0.2, -0.15) is 8.78 Å². The number of benzene rings is 1. The van der Waals surface area contributed by atoms with E-state index in [0.717, 1.165) is 13.0 Å². The molecule has 1 N–H and O–H groups in total. The average Bonchev–Trinajstić information content (AvgIpc) is 2.77. The predicted octanol–water partition coefficient (Wildman–Crippen LogP) is 2.58. The van der Waals surface area contributed by atoms with Gasteiger partial charge in [-0.3, -0.25) is 9.69 Å². The Morgan fingerprint density at radius 1 is 1.45 bits per heavy atom. The Hall–Kier alpha value is -1.69. The first-order chi connectivity index (χ1) is 9.54. The number of carboxylic acids is 1. The minimum atomic E-state index is -2.84. The van der Waals surface area contributed by atoms with Gasteiger partial charge in [0.15, 0.2) is 0 Å². The van der Waals surface area contributed by atoms with Gasteiger partial charge in [-0.15, -0.1) is 0 Å². The SMILES string of the molecule is O=C(O)CC1CCN(Cc2ccccc2OC(F)F)C1. The van der Waals surface area contributed by atoms with Crippen molar-refractivity contribution in [2.45, 2.75) is 26.0 Å². The van der Waals surface area contributed by atoms with E-state index in [1.165, 1.54) is 6.07 Å². The summed E-state index contributed by atoms with van der Waals surface area (Å²) in [6.45, 7) is -0.885. The maximum absolute atomic E-state index is 12.3. The molecule has 4 nitrogen and oxygen atoms in total. The third-order valence-corrected chi connectivity index (χ3v) is 3.42. The van der Waals surface area contributed by atoms with Crippen LogP contribution in [0.25, 0.3) is 0 Å². The summed E-state index contributed by atoms with van der Waals surface area (Å²) in [5.41, 5.74) is 0.698. The third kappa shape index (κ3) is 4.16. The Kier molecular flexibility index (Phi) is 4.89. The fourth-order valence-corrected chi connectivity index (χ4v) is 2.56. The molecule has 1 unspecified atom stereocenters. The molecule has 0 spiro atoms. The van der Waals surface area contributed by atoms with Crippen molar-refractivity contribution in [3.8, 4) is 5.75 Å². The van der Waals surface area contributed by atoms with Gasteiger partial charge in [-0.1, -0.05) is 18.2 Å². The van der Waals surface area contributed by atoms with Crippen molar-refractivity contribution in [3.05, 3.63) is 29.8 Å². The number of para-hydroxylation sites is 1. The first-order valence-corrected chi connectivity index (χ1v) is 6.51. The van der Waals surface area contributed by atoms with Gasteiger partial charge in [0.1, 0.15) is 5.75 Å². The number of hydrogen-bond donors (Lipinski definition) is 1. The van der Waals surface area contributed by atoms with E-state index in [2.05, 4.69) is 9.64 Å². The van der Waals surface area contributed by atoms with Gasteiger partial charge >= 0.3 is 12.6 Å².